The van der Waals surface area contributed by atoms with Gasteiger partial charge < -0.3 is 28.3 Å². The SMILES string of the molecule is CCCN(CCC)c1ccc2cc(C(=O)NC3CCC(CC(=O)c4ccc5c(c4)C4(OC5=O)c5cc(F)c(C)c(F)c5Oc5c4cc(F)c(OS(=O)(=O)C(F)(F)F)c5F)CC3)c(=O)oc2c1. The zero-order chi connectivity index (χ0) is 47.6. The average molecular weight is 945 g/mol. The lowest BCUT2D eigenvalue weighted by Crippen LogP contribution is -2.39. The van der Waals surface area contributed by atoms with E-state index in [9.17, 15) is 40.8 Å². The van der Waals surface area contributed by atoms with Gasteiger partial charge in [0.2, 0.25) is 11.6 Å². The minimum atomic E-state index is -6.67. The number of ketones is 1. The maximum Gasteiger partial charge on any atom is 0.534 e. The van der Waals surface area contributed by atoms with E-state index in [0.717, 1.165) is 50.7 Å². The Labute approximate surface area is 371 Å². The van der Waals surface area contributed by atoms with Crippen LogP contribution in [0.5, 0.6) is 17.2 Å². The van der Waals surface area contributed by atoms with Crippen molar-refractivity contribution in [3.63, 3.8) is 0 Å². The molecule has 1 N–H and O–H groups in total. The number of benzene rings is 4. The molecular weight excluding hydrogens is 906 g/mol. The molecule has 348 valence electrons. The van der Waals surface area contributed by atoms with Gasteiger partial charge in [-0.05, 0) is 93.8 Å². The molecule has 1 unspecified atom stereocenters. The fourth-order valence-electron chi connectivity index (χ4n) is 8.84. The summed E-state index contributed by atoms with van der Waals surface area (Å²) in [6, 6.07) is 11.1. The molecule has 4 aromatic carbocycles. The molecule has 66 heavy (non-hydrogen) atoms. The Kier molecular flexibility index (Phi) is 11.9. The number of Topliss-reactive ketones (excluding diaryl/α,β-unsaturated/α-hetero) is 1. The number of nitrogens with one attached hydrogen (secondary N) is 1. The number of ether oxygens (including phenoxy) is 2. The van der Waals surface area contributed by atoms with Crippen LogP contribution in [0.1, 0.15) is 112 Å². The molecule has 1 aromatic heterocycles. The molecule has 1 aliphatic carbocycles. The molecule has 12 nitrogen and oxygen atoms in total. The Balaban J connectivity index is 1.03. The summed E-state index contributed by atoms with van der Waals surface area (Å²) < 4.78 is 146. The van der Waals surface area contributed by atoms with Gasteiger partial charge in [0.05, 0.1) is 16.7 Å². The Morgan fingerprint density at radius 2 is 1.50 bits per heavy atom. The van der Waals surface area contributed by atoms with Crippen LogP contribution in [0.4, 0.5) is 36.4 Å². The lowest BCUT2D eigenvalue weighted by atomic mass is 9.76. The minimum absolute atomic E-state index is 0.0676. The van der Waals surface area contributed by atoms with Gasteiger partial charge in [-0.2, -0.15) is 26.0 Å². The molecule has 1 saturated carbocycles. The lowest BCUT2D eigenvalue weighted by Gasteiger charge is -2.37. The quantitative estimate of drug-likeness (QED) is 0.0317. The number of rotatable bonds is 12. The highest BCUT2D eigenvalue weighted by Gasteiger charge is 2.57. The van der Waals surface area contributed by atoms with Crippen LogP contribution in [-0.4, -0.2) is 50.7 Å². The molecule has 8 rings (SSSR count). The Morgan fingerprint density at radius 3 is 2.15 bits per heavy atom. The molecule has 1 spiro atoms. The highest BCUT2D eigenvalue weighted by molar-refractivity contribution is 7.88. The number of hydrogen-bond acceptors (Lipinski definition) is 11. The van der Waals surface area contributed by atoms with Crippen molar-refractivity contribution in [1.82, 2.24) is 5.32 Å². The minimum Gasteiger partial charge on any atom is -0.450 e. The third-order valence-electron chi connectivity index (χ3n) is 12.1. The van der Waals surface area contributed by atoms with Gasteiger partial charge in [-0.15, -0.1) is 0 Å². The van der Waals surface area contributed by atoms with Gasteiger partial charge in [-0.25, -0.2) is 22.8 Å². The standard InChI is InChI=1S/C46H39F7N2O10S/c1-4-14-55(15-5-2)27-12-8-25-17-29(43(58)62-36(25)19-27)42(57)54-26-10-6-23(7-11-26)16-35(56)24-9-13-28-30(18-24)45(64-44(28)59)31-20-33(47)22(3)37(49)39(31)63-40-32(45)21-34(48)41(38(40)50)65-66(60,61)46(51,52)53/h8-9,12-13,17-21,23,26H,4-7,10-11,14-16H2,1-3H3,(H,54,57). The van der Waals surface area contributed by atoms with E-state index < -0.39 is 102 Å². The predicted molar refractivity (Wildman–Crippen MR) is 222 cm³/mol. The highest BCUT2D eigenvalue weighted by atomic mass is 32.2. The van der Waals surface area contributed by atoms with Crippen molar-refractivity contribution in [2.75, 3.05) is 18.0 Å². The first-order chi connectivity index (χ1) is 31.2. The summed E-state index contributed by atoms with van der Waals surface area (Å²) in [7, 11) is -6.67. The fourth-order valence-corrected chi connectivity index (χ4v) is 9.30. The van der Waals surface area contributed by atoms with Crippen molar-refractivity contribution in [2.24, 2.45) is 5.92 Å². The summed E-state index contributed by atoms with van der Waals surface area (Å²) in [6.07, 6.45) is 3.57. The molecule has 3 heterocycles. The van der Waals surface area contributed by atoms with Gasteiger partial charge in [-0.3, -0.25) is 9.59 Å². The van der Waals surface area contributed by atoms with E-state index in [-0.39, 0.29) is 46.7 Å². The number of carbonyl (C=O) groups is 3. The van der Waals surface area contributed by atoms with Crippen LogP contribution in [0.2, 0.25) is 0 Å². The van der Waals surface area contributed by atoms with Crippen LogP contribution in [0.15, 0.2) is 63.8 Å². The van der Waals surface area contributed by atoms with Crippen LogP contribution < -0.4 is 24.8 Å². The summed E-state index contributed by atoms with van der Waals surface area (Å²) in [5.41, 5.74) is -11.5. The molecule has 1 amide bonds. The van der Waals surface area contributed by atoms with Crippen molar-refractivity contribution in [1.29, 1.82) is 0 Å². The van der Waals surface area contributed by atoms with E-state index in [0.29, 0.717) is 42.7 Å². The van der Waals surface area contributed by atoms with Crippen molar-refractivity contribution >= 4 is 44.4 Å². The van der Waals surface area contributed by atoms with Crippen molar-refractivity contribution in [2.45, 2.75) is 82.9 Å². The summed E-state index contributed by atoms with van der Waals surface area (Å²) >= 11 is 0. The zero-order valence-electron chi connectivity index (χ0n) is 35.3. The van der Waals surface area contributed by atoms with Crippen LogP contribution in [0.25, 0.3) is 11.0 Å². The van der Waals surface area contributed by atoms with E-state index in [1.54, 1.807) is 12.1 Å². The van der Waals surface area contributed by atoms with Gasteiger partial charge in [0.25, 0.3) is 5.91 Å². The van der Waals surface area contributed by atoms with Crippen LogP contribution >= 0.6 is 0 Å². The maximum absolute atomic E-state index is 16.1. The first-order valence-electron chi connectivity index (χ1n) is 20.9. The number of fused-ring (bicyclic) bond motifs is 7. The molecule has 0 saturated heterocycles. The van der Waals surface area contributed by atoms with E-state index >= 15 is 17.6 Å². The largest absolute Gasteiger partial charge is 0.534 e. The molecule has 5 aromatic rings. The Morgan fingerprint density at radius 1 is 0.848 bits per heavy atom. The molecule has 0 bridgehead atoms. The number of amides is 1. The van der Waals surface area contributed by atoms with Crippen molar-refractivity contribution in [3.8, 4) is 17.2 Å². The smallest absolute Gasteiger partial charge is 0.450 e. The molecule has 2 aliphatic heterocycles. The van der Waals surface area contributed by atoms with Gasteiger partial charge >= 0.3 is 27.2 Å². The zero-order valence-corrected chi connectivity index (χ0v) is 36.1. The number of alkyl halides is 3. The second-order valence-electron chi connectivity index (χ2n) is 16.4. The maximum atomic E-state index is 16.1. The number of esters is 1. The summed E-state index contributed by atoms with van der Waals surface area (Å²) in [5.74, 6) is -13.9. The first kappa shape index (κ1) is 46.1. The average Bonchev–Trinajstić information content (AvgIpc) is 3.56. The second-order valence-corrected chi connectivity index (χ2v) is 18.0. The van der Waals surface area contributed by atoms with Crippen molar-refractivity contribution in [3.05, 3.63) is 127 Å². The van der Waals surface area contributed by atoms with E-state index in [1.165, 1.54) is 12.1 Å². The monoisotopic (exact) mass is 944 g/mol. The number of halogens is 7. The second kappa shape index (κ2) is 17.1. The normalized spacial score (nSPS) is 18.8. The van der Waals surface area contributed by atoms with Crippen molar-refractivity contribution < 1.29 is 71.6 Å². The molecule has 0 radical (unpaired) electrons. The number of nitrogens with zero attached hydrogens (tertiary/aromatic N) is 1. The van der Waals surface area contributed by atoms with Gasteiger partial charge in [0.15, 0.2) is 34.5 Å². The number of carbonyl (C=O) groups excluding carboxylic acids is 3. The third kappa shape index (κ3) is 7.91. The number of anilines is 1. The molecule has 20 heteroatoms. The summed E-state index contributed by atoms with van der Waals surface area (Å²) in [6.45, 7) is 6.76. The Hall–Kier alpha value is -6.44. The molecule has 1 atom stereocenters. The van der Waals surface area contributed by atoms with E-state index in [4.69, 9.17) is 13.9 Å². The van der Waals surface area contributed by atoms with Crippen LogP contribution in [-0.2, 0) is 20.5 Å². The van der Waals surface area contributed by atoms with Gasteiger partial charge in [0.1, 0.15) is 17.0 Å². The fraction of sp³-hybridized carbons (Fsp3) is 0.348. The summed E-state index contributed by atoms with van der Waals surface area (Å²) in [4.78, 5) is 55.9. The molecule has 1 fully saturated rings. The highest BCUT2D eigenvalue weighted by Crippen LogP contribution is 2.59. The number of hydrogen-bond donors (Lipinski definition) is 1. The molecule has 3 aliphatic rings. The van der Waals surface area contributed by atoms with Gasteiger partial charge in [0, 0.05) is 59.4 Å². The third-order valence-corrected chi connectivity index (χ3v) is 13.1. The van der Waals surface area contributed by atoms with Crippen LogP contribution in [0, 0.1) is 36.1 Å². The lowest BCUT2D eigenvalue weighted by molar-refractivity contribution is -0.0502. The van der Waals surface area contributed by atoms with E-state index in [2.05, 4.69) is 28.2 Å². The van der Waals surface area contributed by atoms with E-state index in [1.807, 2.05) is 6.07 Å². The summed E-state index contributed by atoms with van der Waals surface area (Å²) in [5, 5.41) is 3.46. The Bertz CT molecular complexity index is 3020. The molecular formula is C46H39F7N2O10S. The topological polar surface area (TPSA) is 159 Å². The predicted octanol–water partition coefficient (Wildman–Crippen LogP) is 9.64. The van der Waals surface area contributed by atoms with Gasteiger partial charge in [-0.1, -0.05) is 19.9 Å². The first-order valence-corrected chi connectivity index (χ1v) is 22.3. The van der Waals surface area contributed by atoms with Crippen LogP contribution in [0.3, 0.4) is 0 Å².